The number of aliphatic hydroxyl groups excluding tert-OH is 2. The molecular weight excluding hydrogens is 715 g/mol. The Labute approximate surface area is 328 Å². The number of hydrogen-bond donors (Lipinski definition) is 3. The summed E-state index contributed by atoms with van der Waals surface area (Å²) in [7, 11) is 0. The van der Waals surface area contributed by atoms with Gasteiger partial charge in [-0.25, -0.2) is 19.6 Å². The summed E-state index contributed by atoms with van der Waals surface area (Å²) >= 11 is 1.34. The first kappa shape index (κ1) is 41.7. The zero-order chi connectivity index (χ0) is 39.8. The summed E-state index contributed by atoms with van der Waals surface area (Å²) in [5.74, 6) is 0.0784. The Morgan fingerprint density at radius 3 is 2.16 bits per heavy atom. The highest BCUT2D eigenvalue weighted by molar-refractivity contribution is 7.10. The number of aromatic nitrogens is 3. The van der Waals surface area contributed by atoms with Gasteiger partial charge in [0.1, 0.15) is 40.9 Å². The first-order valence-electron chi connectivity index (χ1n) is 19.0. The number of nitrogens with zero attached hydrogens (tertiary/aromatic N) is 2. The van der Waals surface area contributed by atoms with Crippen LogP contribution >= 0.6 is 11.3 Å². The van der Waals surface area contributed by atoms with Crippen molar-refractivity contribution in [3.05, 3.63) is 118 Å². The Balaban J connectivity index is 1.37. The second kappa shape index (κ2) is 18.5. The topological polar surface area (TPSA) is 147 Å². The molecule has 2 fully saturated rings. The molecule has 11 heteroatoms. The van der Waals surface area contributed by atoms with Crippen molar-refractivity contribution in [1.82, 2.24) is 15.0 Å². The van der Waals surface area contributed by atoms with E-state index in [1.807, 2.05) is 90.2 Å². The lowest BCUT2D eigenvalue weighted by Gasteiger charge is -2.37. The fourth-order valence-electron chi connectivity index (χ4n) is 6.55. The highest BCUT2D eigenvalue weighted by atomic mass is 32.1. The van der Waals surface area contributed by atoms with E-state index < -0.39 is 47.2 Å². The third-order valence-corrected chi connectivity index (χ3v) is 11.7. The predicted molar refractivity (Wildman–Crippen MR) is 217 cm³/mol. The fourth-order valence-corrected chi connectivity index (χ4v) is 7.24. The van der Waals surface area contributed by atoms with Crippen LogP contribution in [0.5, 0.6) is 0 Å². The number of carbonyl (C=O) groups excluding carboxylic acids is 2. The molecule has 3 aliphatic heterocycles. The zero-order valence-electron chi connectivity index (χ0n) is 32.8. The molecule has 10 nitrogen and oxygen atoms in total. The van der Waals surface area contributed by atoms with Crippen LogP contribution in [0.15, 0.2) is 96.1 Å². The Morgan fingerprint density at radius 2 is 1.51 bits per heavy atom. The molecule has 1 saturated heterocycles. The van der Waals surface area contributed by atoms with Gasteiger partial charge in [0.25, 0.3) is 0 Å². The van der Waals surface area contributed by atoms with Gasteiger partial charge < -0.3 is 29.4 Å². The molecule has 294 valence electrons. The number of carbonyl (C=O) groups is 2. The number of nitrogens with one attached hydrogen (secondary N) is 1. The van der Waals surface area contributed by atoms with Gasteiger partial charge in [-0.2, -0.15) is 0 Å². The molecule has 0 spiro atoms. The minimum atomic E-state index is -0.839. The highest BCUT2D eigenvalue weighted by Gasteiger charge is 2.40. The molecule has 1 aliphatic carbocycles. The van der Waals surface area contributed by atoms with Gasteiger partial charge in [-0.15, -0.1) is 11.3 Å². The zero-order valence-corrected chi connectivity index (χ0v) is 33.6. The van der Waals surface area contributed by atoms with Gasteiger partial charge in [-0.05, 0) is 44.3 Å². The molecule has 8 atom stereocenters. The minimum absolute atomic E-state index is 0.112. The lowest BCUT2D eigenvalue weighted by Crippen LogP contribution is -2.42. The van der Waals surface area contributed by atoms with Gasteiger partial charge in [0, 0.05) is 29.1 Å². The Kier molecular flexibility index (Phi) is 14.0. The van der Waals surface area contributed by atoms with Crippen molar-refractivity contribution in [2.45, 2.75) is 104 Å². The third kappa shape index (κ3) is 10.7. The van der Waals surface area contributed by atoms with Gasteiger partial charge in [-0.3, -0.25) is 0 Å². The van der Waals surface area contributed by atoms with E-state index in [2.05, 4.69) is 40.1 Å². The maximum Gasteiger partial charge on any atom is 0.358 e. The van der Waals surface area contributed by atoms with Crippen LogP contribution in [0.25, 0.3) is 12.2 Å². The standard InChI is InChI=1S/C44H55N3O7S/c1-8-15-35(48)43(4,5)37-21-12-17-29-25-30(28(29)3)18-13-23-39-45-26-31(46-39)41(50)53-38(44(6,7)36(49)16-9-2)22-14-20-34-33(52-34)19-10-11-24-40-47-32(27-55-40)42(51)54-37/h8-20,23-24,26-29,33-38,48-49H,21-22,25H2,1-7H3,(H,45,46)/b15-8+,16-9+,17-12-,19-10+,20-14-,23-13-,24-11-,30-18+/t28-,29-,33+,34-,35+,36+,37+,38+/m1/s1. The molecule has 0 radical (unpaired) electrons. The summed E-state index contributed by atoms with van der Waals surface area (Å²) in [6.07, 6.45) is 28.4. The molecule has 6 rings (SSSR count). The SMILES string of the molecule is C/C=C/[C@H](O)C(C)(C)[C@@H]1C/C=C\[C@@H]2C/C(=C\C=C/c3ncc([nH]3)C(=O)O[C@H](C(C)(C)[C@@H](O)/C=C/C)C/C=C\[C@H]3O[C@H]3/C=C/C=C\c3nc(cs3)C(=O)O1)[C@@H]2C. The number of H-pyrrole nitrogens is 1. The number of epoxide rings is 1. The predicted octanol–water partition coefficient (Wildman–Crippen LogP) is 8.38. The average molecular weight is 770 g/mol. The fraction of sp³-hybridized carbons (Fsp3) is 0.455. The summed E-state index contributed by atoms with van der Waals surface area (Å²) in [5, 5.41) is 24.2. The van der Waals surface area contributed by atoms with Crippen LogP contribution in [0.3, 0.4) is 0 Å². The Morgan fingerprint density at radius 1 is 0.873 bits per heavy atom. The molecule has 2 aromatic rings. The van der Waals surface area contributed by atoms with E-state index in [4.69, 9.17) is 14.2 Å². The average Bonchev–Trinajstić information content (AvgIpc) is 3.46. The molecule has 1 saturated carbocycles. The van der Waals surface area contributed by atoms with Crippen molar-refractivity contribution in [1.29, 1.82) is 0 Å². The van der Waals surface area contributed by atoms with Crippen molar-refractivity contribution in [2.75, 3.05) is 0 Å². The second-order valence-corrected chi connectivity index (χ2v) is 16.4. The number of fused-ring (bicyclic) bond motifs is 10. The lowest BCUT2D eigenvalue weighted by atomic mass is 9.69. The van der Waals surface area contributed by atoms with Gasteiger partial charge in [0.15, 0.2) is 5.69 Å². The molecule has 0 aromatic carbocycles. The number of aromatic amines is 1. The van der Waals surface area contributed by atoms with E-state index in [-0.39, 0.29) is 23.6 Å². The number of hydrogen-bond acceptors (Lipinski definition) is 10. The Bertz CT molecular complexity index is 1890. The molecule has 5 heterocycles. The summed E-state index contributed by atoms with van der Waals surface area (Å²) in [6.45, 7) is 13.4. The lowest BCUT2D eigenvalue weighted by molar-refractivity contribution is -0.0461. The minimum Gasteiger partial charge on any atom is -0.457 e. The van der Waals surface area contributed by atoms with Crippen molar-refractivity contribution in [2.24, 2.45) is 22.7 Å². The van der Waals surface area contributed by atoms with E-state index in [0.717, 1.165) is 6.42 Å². The van der Waals surface area contributed by atoms with E-state index in [0.29, 0.717) is 35.5 Å². The quantitative estimate of drug-likeness (QED) is 0.150. The summed E-state index contributed by atoms with van der Waals surface area (Å²) < 4.78 is 17.9. The number of esters is 2. The van der Waals surface area contributed by atoms with E-state index in [9.17, 15) is 19.8 Å². The van der Waals surface area contributed by atoms with Crippen LogP contribution in [-0.4, -0.2) is 73.7 Å². The van der Waals surface area contributed by atoms with E-state index in [1.54, 1.807) is 29.7 Å². The second-order valence-electron chi connectivity index (χ2n) is 15.5. The molecule has 3 N–H and O–H groups in total. The molecule has 55 heavy (non-hydrogen) atoms. The van der Waals surface area contributed by atoms with Gasteiger partial charge in [-0.1, -0.05) is 119 Å². The Hall–Kier alpha value is -4.42. The number of allylic oxidation sites excluding steroid dienone is 8. The molecular formula is C44H55N3O7S. The molecule has 4 aliphatic rings. The van der Waals surface area contributed by atoms with Crippen LogP contribution in [0.1, 0.15) is 99.5 Å². The number of ether oxygens (including phenoxy) is 3. The van der Waals surface area contributed by atoms with Crippen molar-refractivity contribution in [3.63, 3.8) is 0 Å². The first-order valence-corrected chi connectivity index (χ1v) is 19.9. The maximum absolute atomic E-state index is 13.4. The van der Waals surface area contributed by atoms with Crippen molar-refractivity contribution in [3.8, 4) is 0 Å². The summed E-state index contributed by atoms with van der Waals surface area (Å²) in [5.41, 5.74) is 0.181. The van der Waals surface area contributed by atoms with E-state index >= 15 is 0 Å². The number of imidazole rings is 1. The van der Waals surface area contributed by atoms with Gasteiger partial charge in [0.2, 0.25) is 0 Å². The molecule has 0 amide bonds. The monoisotopic (exact) mass is 769 g/mol. The van der Waals surface area contributed by atoms with Crippen LogP contribution in [0, 0.1) is 22.7 Å². The first-order chi connectivity index (χ1) is 26.2. The molecule has 6 bridgehead atoms. The number of aliphatic hydroxyl groups is 2. The third-order valence-electron chi connectivity index (χ3n) is 10.9. The smallest absolute Gasteiger partial charge is 0.358 e. The molecule has 0 unspecified atom stereocenters. The van der Waals surface area contributed by atoms with Gasteiger partial charge >= 0.3 is 11.9 Å². The number of thiazole rings is 1. The molecule has 2 aromatic heterocycles. The number of rotatable bonds is 6. The van der Waals surface area contributed by atoms with E-state index in [1.165, 1.54) is 23.1 Å². The normalized spacial score (nSPS) is 30.7. The summed E-state index contributed by atoms with van der Waals surface area (Å²) in [6, 6.07) is 0. The summed E-state index contributed by atoms with van der Waals surface area (Å²) in [4.78, 5) is 38.6. The highest BCUT2D eigenvalue weighted by Crippen LogP contribution is 2.41. The van der Waals surface area contributed by atoms with Gasteiger partial charge in [0.05, 0.1) is 18.4 Å². The van der Waals surface area contributed by atoms with Crippen molar-refractivity contribution < 1.29 is 34.0 Å². The van der Waals surface area contributed by atoms with Crippen LogP contribution in [-0.2, 0) is 14.2 Å². The van der Waals surface area contributed by atoms with Crippen LogP contribution < -0.4 is 0 Å². The largest absolute Gasteiger partial charge is 0.457 e. The maximum atomic E-state index is 13.4. The van der Waals surface area contributed by atoms with Crippen molar-refractivity contribution >= 4 is 35.4 Å². The van der Waals surface area contributed by atoms with Crippen LogP contribution in [0.2, 0.25) is 0 Å². The van der Waals surface area contributed by atoms with Crippen LogP contribution in [0.4, 0.5) is 0 Å².